The van der Waals surface area contributed by atoms with Gasteiger partial charge < -0.3 is 4.90 Å². The van der Waals surface area contributed by atoms with Crippen molar-refractivity contribution in [3.8, 4) is 11.4 Å². The van der Waals surface area contributed by atoms with Crippen LogP contribution >= 0.6 is 0 Å². The van der Waals surface area contributed by atoms with Crippen molar-refractivity contribution in [1.82, 2.24) is 24.6 Å². The zero-order valence-electron chi connectivity index (χ0n) is 15.0. The molecule has 1 atom stereocenters. The molecule has 0 aliphatic carbocycles. The van der Waals surface area contributed by atoms with Gasteiger partial charge in [0.15, 0.2) is 5.82 Å². The average Bonchev–Trinajstić information content (AvgIpc) is 3.13. The van der Waals surface area contributed by atoms with Crippen LogP contribution in [0.5, 0.6) is 0 Å². The third-order valence-electron chi connectivity index (χ3n) is 5.35. The van der Waals surface area contributed by atoms with Gasteiger partial charge >= 0.3 is 0 Å². The van der Waals surface area contributed by atoms with Crippen molar-refractivity contribution in [1.29, 1.82) is 0 Å². The maximum Gasteiger partial charge on any atom is 0.253 e. The van der Waals surface area contributed by atoms with E-state index in [1.165, 1.54) is 19.4 Å². The first-order valence-electron chi connectivity index (χ1n) is 9.13. The van der Waals surface area contributed by atoms with E-state index >= 15 is 0 Å². The number of fused-ring (bicyclic) bond motifs is 1. The normalized spacial score (nSPS) is 21.2. The Hall–Kier alpha value is -2.21. The Morgan fingerprint density at radius 3 is 2.60 bits per heavy atom. The molecule has 0 spiro atoms. The fourth-order valence-corrected chi connectivity index (χ4v) is 4.10. The number of hydrogen-bond acceptors (Lipinski definition) is 4. The molecule has 2 aliphatic heterocycles. The molecule has 132 valence electrons. The van der Waals surface area contributed by atoms with E-state index in [-0.39, 0.29) is 5.91 Å². The molecule has 2 aromatic rings. The van der Waals surface area contributed by atoms with Crippen molar-refractivity contribution in [2.45, 2.75) is 32.2 Å². The van der Waals surface area contributed by atoms with Gasteiger partial charge in [-0.15, -0.1) is 0 Å². The van der Waals surface area contributed by atoms with Crippen molar-refractivity contribution in [2.24, 2.45) is 7.05 Å². The Morgan fingerprint density at radius 2 is 1.88 bits per heavy atom. The molecule has 2 fully saturated rings. The number of benzene rings is 1. The summed E-state index contributed by atoms with van der Waals surface area (Å²) >= 11 is 0. The minimum absolute atomic E-state index is 0.148. The predicted octanol–water partition coefficient (Wildman–Crippen LogP) is 2.10. The lowest BCUT2D eigenvalue weighted by atomic mass is 10.1. The molecule has 4 rings (SSSR count). The topological polar surface area (TPSA) is 54.3 Å². The van der Waals surface area contributed by atoms with Crippen molar-refractivity contribution in [2.75, 3.05) is 26.2 Å². The van der Waals surface area contributed by atoms with Gasteiger partial charge in [-0.05, 0) is 44.9 Å². The van der Waals surface area contributed by atoms with Gasteiger partial charge in [0.05, 0.1) is 0 Å². The fraction of sp³-hybridized carbons (Fsp3) is 0.526. The second kappa shape index (κ2) is 6.59. The first-order chi connectivity index (χ1) is 12.1. The molecule has 0 radical (unpaired) electrons. The summed E-state index contributed by atoms with van der Waals surface area (Å²) in [5.74, 6) is 1.73. The van der Waals surface area contributed by atoms with Crippen LogP contribution in [0.25, 0.3) is 11.4 Å². The number of aryl methyl sites for hydroxylation is 2. The van der Waals surface area contributed by atoms with E-state index in [0.717, 1.165) is 48.8 Å². The number of amides is 1. The van der Waals surface area contributed by atoms with E-state index in [2.05, 4.69) is 15.0 Å². The Labute approximate surface area is 148 Å². The minimum Gasteiger partial charge on any atom is -0.337 e. The number of rotatable bonds is 2. The summed E-state index contributed by atoms with van der Waals surface area (Å²) in [4.78, 5) is 22.0. The van der Waals surface area contributed by atoms with Gasteiger partial charge in [-0.25, -0.2) is 9.67 Å². The lowest BCUT2D eigenvalue weighted by molar-refractivity contribution is 0.0743. The summed E-state index contributed by atoms with van der Waals surface area (Å²) < 4.78 is 1.77. The standard InChI is InChI=1S/C19H25N5O/c1-14-20-18(22(2)21-14)15-6-8-16(9-7-15)19(25)24-12-4-11-23-10-3-5-17(23)13-24/h6-9,17H,3-5,10-13H2,1-2H3/t17-/m0/s1. The molecule has 2 saturated heterocycles. The molecule has 0 N–H and O–H groups in total. The van der Waals surface area contributed by atoms with E-state index in [1.807, 2.05) is 43.1 Å². The number of nitrogens with zero attached hydrogens (tertiary/aromatic N) is 5. The number of carbonyl (C=O) groups is 1. The molecule has 25 heavy (non-hydrogen) atoms. The smallest absolute Gasteiger partial charge is 0.253 e. The first kappa shape index (κ1) is 16.3. The van der Waals surface area contributed by atoms with E-state index in [0.29, 0.717) is 6.04 Å². The molecular formula is C19H25N5O. The zero-order chi connectivity index (χ0) is 17.4. The van der Waals surface area contributed by atoms with Gasteiger partial charge in [-0.2, -0.15) is 5.10 Å². The van der Waals surface area contributed by atoms with Gasteiger partial charge in [-0.1, -0.05) is 12.1 Å². The Kier molecular flexibility index (Phi) is 4.29. The first-order valence-corrected chi connectivity index (χ1v) is 9.13. The SMILES string of the molecule is Cc1nc(-c2ccc(C(=O)N3CCCN4CCC[C@H]4C3)cc2)n(C)n1. The molecule has 0 unspecified atom stereocenters. The lowest BCUT2D eigenvalue weighted by Gasteiger charge is -2.25. The fourth-order valence-electron chi connectivity index (χ4n) is 4.10. The van der Waals surface area contributed by atoms with E-state index < -0.39 is 0 Å². The van der Waals surface area contributed by atoms with Crippen LogP contribution in [0.4, 0.5) is 0 Å². The summed E-state index contributed by atoms with van der Waals surface area (Å²) in [5.41, 5.74) is 1.74. The number of carbonyl (C=O) groups excluding carboxylic acids is 1. The molecule has 0 saturated carbocycles. The van der Waals surface area contributed by atoms with Crippen LogP contribution < -0.4 is 0 Å². The van der Waals surface area contributed by atoms with Crippen LogP contribution in [0.15, 0.2) is 24.3 Å². The monoisotopic (exact) mass is 339 g/mol. The van der Waals surface area contributed by atoms with Crippen molar-refractivity contribution >= 4 is 5.91 Å². The van der Waals surface area contributed by atoms with E-state index in [1.54, 1.807) is 4.68 Å². The predicted molar refractivity (Wildman–Crippen MR) is 96.3 cm³/mol. The third-order valence-corrected chi connectivity index (χ3v) is 5.35. The molecule has 3 heterocycles. The van der Waals surface area contributed by atoms with Crippen molar-refractivity contribution in [3.63, 3.8) is 0 Å². The highest BCUT2D eigenvalue weighted by atomic mass is 16.2. The summed E-state index contributed by atoms with van der Waals surface area (Å²) in [6.45, 7) is 5.92. The number of aromatic nitrogens is 3. The molecule has 1 aromatic carbocycles. The summed E-state index contributed by atoms with van der Waals surface area (Å²) in [7, 11) is 1.89. The Bertz CT molecular complexity index is 767. The third kappa shape index (κ3) is 3.18. The van der Waals surface area contributed by atoms with Crippen LogP contribution in [-0.4, -0.2) is 62.7 Å². The summed E-state index contributed by atoms with van der Waals surface area (Å²) in [6, 6.07) is 8.32. The van der Waals surface area contributed by atoms with Gasteiger partial charge in [0, 0.05) is 43.9 Å². The van der Waals surface area contributed by atoms with Crippen LogP contribution in [0.2, 0.25) is 0 Å². The molecule has 6 nitrogen and oxygen atoms in total. The lowest BCUT2D eigenvalue weighted by Crippen LogP contribution is -2.39. The second-order valence-electron chi connectivity index (χ2n) is 7.12. The maximum atomic E-state index is 12.9. The Morgan fingerprint density at radius 1 is 1.12 bits per heavy atom. The van der Waals surface area contributed by atoms with Crippen LogP contribution in [0.1, 0.15) is 35.4 Å². The number of hydrogen-bond donors (Lipinski definition) is 0. The maximum absolute atomic E-state index is 12.9. The molecule has 0 bridgehead atoms. The quantitative estimate of drug-likeness (QED) is 0.841. The zero-order valence-corrected chi connectivity index (χ0v) is 15.0. The van der Waals surface area contributed by atoms with Gasteiger partial charge in [0.1, 0.15) is 5.82 Å². The summed E-state index contributed by atoms with van der Waals surface area (Å²) in [5, 5.41) is 4.29. The Balaban J connectivity index is 1.51. The summed E-state index contributed by atoms with van der Waals surface area (Å²) in [6.07, 6.45) is 3.55. The van der Waals surface area contributed by atoms with E-state index in [9.17, 15) is 4.79 Å². The molecular weight excluding hydrogens is 314 g/mol. The highest BCUT2D eigenvalue weighted by molar-refractivity contribution is 5.94. The largest absolute Gasteiger partial charge is 0.337 e. The van der Waals surface area contributed by atoms with Crippen molar-refractivity contribution < 1.29 is 4.79 Å². The molecule has 2 aliphatic rings. The van der Waals surface area contributed by atoms with E-state index in [4.69, 9.17) is 0 Å². The van der Waals surface area contributed by atoms with Crippen LogP contribution in [0.3, 0.4) is 0 Å². The highest BCUT2D eigenvalue weighted by Crippen LogP contribution is 2.23. The minimum atomic E-state index is 0.148. The van der Waals surface area contributed by atoms with Gasteiger partial charge in [0.25, 0.3) is 5.91 Å². The molecule has 1 aromatic heterocycles. The van der Waals surface area contributed by atoms with Gasteiger partial charge in [-0.3, -0.25) is 9.69 Å². The van der Waals surface area contributed by atoms with Crippen LogP contribution in [-0.2, 0) is 7.05 Å². The molecule has 6 heteroatoms. The van der Waals surface area contributed by atoms with Crippen molar-refractivity contribution in [3.05, 3.63) is 35.7 Å². The van der Waals surface area contributed by atoms with Gasteiger partial charge in [0.2, 0.25) is 0 Å². The molecule has 1 amide bonds. The highest BCUT2D eigenvalue weighted by Gasteiger charge is 2.30. The van der Waals surface area contributed by atoms with Crippen LogP contribution in [0, 0.1) is 6.92 Å². The second-order valence-corrected chi connectivity index (χ2v) is 7.12. The average molecular weight is 339 g/mol.